The Kier molecular flexibility index (Phi) is 7.34. The number of amides is 2. The number of halogens is 4. The molecule has 3 aromatic carbocycles. The Morgan fingerprint density at radius 3 is 2.47 bits per heavy atom. The van der Waals surface area contributed by atoms with Crippen molar-refractivity contribution in [3.8, 4) is 11.3 Å². The molecule has 2 amide bonds. The molecule has 1 aliphatic rings. The van der Waals surface area contributed by atoms with Gasteiger partial charge in [-0.3, -0.25) is 14.5 Å². The van der Waals surface area contributed by atoms with Crippen LogP contribution in [0.5, 0.6) is 0 Å². The molecular formula is C32H27F4N5O4. The summed E-state index contributed by atoms with van der Waals surface area (Å²) in [5.74, 6) is -1.84. The van der Waals surface area contributed by atoms with E-state index in [0.29, 0.717) is 24.0 Å². The maximum absolute atomic E-state index is 14.5. The summed E-state index contributed by atoms with van der Waals surface area (Å²) in [6, 6.07) is 16.8. The van der Waals surface area contributed by atoms with Gasteiger partial charge in [0.1, 0.15) is 22.4 Å². The predicted molar refractivity (Wildman–Crippen MR) is 157 cm³/mol. The molecule has 232 valence electrons. The summed E-state index contributed by atoms with van der Waals surface area (Å²) in [6.07, 6.45) is -3.68. The van der Waals surface area contributed by atoms with E-state index in [1.165, 1.54) is 18.3 Å². The van der Waals surface area contributed by atoms with Crippen molar-refractivity contribution in [1.29, 1.82) is 0 Å². The second-order valence-electron chi connectivity index (χ2n) is 11.1. The number of hydrogen-bond donors (Lipinski definition) is 3. The van der Waals surface area contributed by atoms with Gasteiger partial charge < -0.3 is 15.4 Å². The Balaban J connectivity index is 1.46. The molecule has 0 bridgehead atoms. The van der Waals surface area contributed by atoms with Crippen LogP contribution in [0.25, 0.3) is 27.5 Å². The normalized spacial score (nSPS) is 18.2. The van der Waals surface area contributed by atoms with Crippen molar-refractivity contribution in [1.82, 2.24) is 24.8 Å². The molecule has 1 aliphatic heterocycles. The van der Waals surface area contributed by atoms with Crippen LogP contribution in [0, 0.1) is 5.82 Å². The van der Waals surface area contributed by atoms with Crippen molar-refractivity contribution < 1.29 is 32.3 Å². The van der Waals surface area contributed by atoms with E-state index in [1.807, 2.05) is 31.2 Å². The highest BCUT2D eigenvalue weighted by Gasteiger charge is 2.57. The van der Waals surface area contributed by atoms with E-state index in [1.54, 1.807) is 18.2 Å². The van der Waals surface area contributed by atoms with Crippen molar-refractivity contribution in [3.05, 3.63) is 106 Å². The fourth-order valence-corrected chi connectivity index (χ4v) is 6.14. The SMILES string of the molecule is CCCCC1N(C(=O)O)CC1(NC(=O)c1nn2cc(-c3ccc4ccccc4c3)[nH]c(=O)c2c1C(F)(F)F)c1ccc(F)cc1. The van der Waals surface area contributed by atoms with Gasteiger partial charge in [-0.15, -0.1) is 0 Å². The van der Waals surface area contributed by atoms with Gasteiger partial charge in [-0.25, -0.2) is 13.7 Å². The Labute approximate surface area is 253 Å². The monoisotopic (exact) mass is 621 g/mol. The Hall–Kier alpha value is -5.20. The molecule has 1 fully saturated rings. The largest absolute Gasteiger partial charge is 0.465 e. The number of benzene rings is 3. The number of nitrogens with zero attached hydrogens (tertiary/aromatic N) is 3. The standard InChI is InChI=1S/C32H27F4N5O4/c1-2-3-8-24-31(17-40(24)30(44)45,21-11-13-22(33)14-12-21)38-28(42)26-25(32(34,35)36)27-29(43)37-23(16-41(27)39-26)20-10-9-18-6-4-5-7-19(18)15-20/h4-7,9-16,24H,2-3,8,17H2,1H3,(H,37,43)(H,38,42)(H,44,45). The first-order valence-electron chi connectivity index (χ1n) is 14.2. The summed E-state index contributed by atoms with van der Waals surface area (Å²) in [5, 5.41) is 18.1. The lowest BCUT2D eigenvalue weighted by molar-refractivity contribution is -0.136. The number of nitrogens with one attached hydrogen (secondary N) is 2. The van der Waals surface area contributed by atoms with Crippen LogP contribution in [0.4, 0.5) is 22.4 Å². The fraction of sp³-hybridized carbons (Fsp3) is 0.250. The average Bonchev–Trinajstić information content (AvgIpc) is 3.40. The zero-order chi connectivity index (χ0) is 32.1. The first-order chi connectivity index (χ1) is 21.4. The summed E-state index contributed by atoms with van der Waals surface area (Å²) >= 11 is 0. The van der Waals surface area contributed by atoms with Crippen molar-refractivity contribution in [2.45, 2.75) is 43.9 Å². The van der Waals surface area contributed by atoms with E-state index >= 15 is 0 Å². The summed E-state index contributed by atoms with van der Waals surface area (Å²) in [7, 11) is 0. The van der Waals surface area contributed by atoms with Gasteiger partial charge in [0.2, 0.25) is 0 Å². The fourth-order valence-electron chi connectivity index (χ4n) is 6.14. The van der Waals surface area contributed by atoms with E-state index in [9.17, 15) is 37.1 Å². The molecule has 2 unspecified atom stereocenters. The Morgan fingerprint density at radius 2 is 1.80 bits per heavy atom. The van der Waals surface area contributed by atoms with Gasteiger partial charge >= 0.3 is 12.3 Å². The minimum absolute atomic E-state index is 0.181. The third-order valence-corrected chi connectivity index (χ3v) is 8.32. The van der Waals surface area contributed by atoms with Gasteiger partial charge in [-0.05, 0) is 41.0 Å². The number of likely N-dealkylation sites (tertiary alicyclic amines) is 1. The highest BCUT2D eigenvalue weighted by atomic mass is 19.4. The molecular weight excluding hydrogens is 594 g/mol. The number of alkyl halides is 3. The zero-order valence-electron chi connectivity index (χ0n) is 23.9. The lowest BCUT2D eigenvalue weighted by Gasteiger charge is -2.56. The first-order valence-corrected chi connectivity index (χ1v) is 14.2. The zero-order valence-corrected chi connectivity index (χ0v) is 23.9. The van der Waals surface area contributed by atoms with Crippen LogP contribution in [0.3, 0.4) is 0 Å². The van der Waals surface area contributed by atoms with Crippen LogP contribution in [0.2, 0.25) is 0 Å². The van der Waals surface area contributed by atoms with Crippen molar-refractivity contribution in [2.24, 2.45) is 0 Å². The summed E-state index contributed by atoms with van der Waals surface area (Å²) in [6.45, 7) is 1.60. The Bertz CT molecular complexity index is 2000. The molecule has 45 heavy (non-hydrogen) atoms. The van der Waals surface area contributed by atoms with E-state index in [-0.39, 0.29) is 18.7 Å². The number of aromatic amines is 1. The molecule has 2 aromatic heterocycles. The van der Waals surface area contributed by atoms with Crippen LogP contribution in [-0.4, -0.2) is 49.2 Å². The molecule has 6 rings (SSSR count). The number of carbonyl (C=O) groups is 2. The van der Waals surface area contributed by atoms with Crippen molar-refractivity contribution in [2.75, 3.05) is 6.54 Å². The van der Waals surface area contributed by atoms with Gasteiger partial charge in [-0.1, -0.05) is 68.3 Å². The van der Waals surface area contributed by atoms with Gasteiger partial charge in [0.25, 0.3) is 11.5 Å². The molecule has 3 N–H and O–H groups in total. The van der Waals surface area contributed by atoms with Gasteiger partial charge in [0.15, 0.2) is 5.69 Å². The number of carboxylic acid groups (broad SMARTS) is 1. The third-order valence-electron chi connectivity index (χ3n) is 8.32. The number of rotatable bonds is 7. The average molecular weight is 622 g/mol. The number of fused-ring (bicyclic) bond motifs is 2. The van der Waals surface area contributed by atoms with Gasteiger partial charge in [-0.2, -0.15) is 18.3 Å². The van der Waals surface area contributed by atoms with Crippen LogP contribution in [0.15, 0.2) is 77.7 Å². The molecule has 3 heterocycles. The lowest BCUT2D eigenvalue weighted by atomic mass is 9.72. The van der Waals surface area contributed by atoms with Gasteiger partial charge in [0.05, 0.1) is 24.5 Å². The highest BCUT2D eigenvalue weighted by molar-refractivity contribution is 5.97. The number of aromatic nitrogens is 3. The molecule has 0 saturated carbocycles. The predicted octanol–water partition coefficient (Wildman–Crippen LogP) is 6.18. The summed E-state index contributed by atoms with van der Waals surface area (Å²) < 4.78 is 58.2. The molecule has 9 nitrogen and oxygen atoms in total. The number of unbranched alkanes of at least 4 members (excludes halogenated alkanes) is 1. The van der Waals surface area contributed by atoms with E-state index in [2.05, 4.69) is 15.4 Å². The number of H-pyrrole nitrogens is 1. The molecule has 0 aliphatic carbocycles. The third kappa shape index (κ3) is 5.17. The summed E-state index contributed by atoms with van der Waals surface area (Å²) in [5.41, 5.74) is -5.00. The van der Waals surface area contributed by atoms with Crippen LogP contribution in [-0.2, 0) is 11.7 Å². The highest BCUT2D eigenvalue weighted by Crippen LogP contribution is 2.42. The molecule has 13 heteroatoms. The van der Waals surface area contributed by atoms with E-state index in [4.69, 9.17) is 0 Å². The minimum atomic E-state index is -5.15. The number of hydrogen-bond acceptors (Lipinski definition) is 4. The maximum atomic E-state index is 14.5. The van der Waals surface area contributed by atoms with Crippen LogP contribution >= 0.6 is 0 Å². The van der Waals surface area contributed by atoms with E-state index in [0.717, 1.165) is 32.3 Å². The topological polar surface area (TPSA) is 120 Å². The molecule has 0 spiro atoms. The summed E-state index contributed by atoms with van der Waals surface area (Å²) in [4.78, 5) is 42.6. The molecule has 0 radical (unpaired) electrons. The molecule has 1 saturated heterocycles. The second kappa shape index (κ2) is 11.1. The molecule has 5 aromatic rings. The minimum Gasteiger partial charge on any atom is -0.465 e. The Morgan fingerprint density at radius 1 is 1.09 bits per heavy atom. The van der Waals surface area contributed by atoms with Crippen molar-refractivity contribution in [3.63, 3.8) is 0 Å². The van der Waals surface area contributed by atoms with Gasteiger partial charge in [0, 0.05) is 5.56 Å². The maximum Gasteiger partial charge on any atom is 0.421 e. The van der Waals surface area contributed by atoms with Crippen LogP contribution in [0.1, 0.15) is 47.8 Å². The smallest absolute Gasteiger partial charge is 0.421 e. The number of carbonyl (C=O) groups excluding carboxylic acids is 1. The second-order valence-corrected chi connectivity index (χ2v) is 11.1. The quantitative estimate of drug-likeness (QED) is 0.188. The van der Waals surface area contributed by atoms with E-state index < -0.39 is 57.9 Å². The first kappa shape index (κ1) is 29.9. The lowest BCUT2D eigenvalue weighted by Crippen LogP contribution is -2.75. The molecule has 2 atom stereocenters. The van der Waals surface area contributed by atoms with Crippen molar-refractivity contribution >= 4 is 28.3 Å². The van der Waals surface area contributed by atoms with Crippen LogP contribution < -0.4 is 10.9 Å².